The highest BCUT2D eigenvalue weighted by molar-refractivity contribution is 6.33. The molecule has 0 spiro atoms. The maximum Gasteiger partial charge on any atom is 0.255 e. The van der Waals surface area contributed by atoms with Crippen LogP contribution in [0.2, 0.25) is 5.02 Å². The van der Waals surface area contributed by atoms with E-state index in [9.17, 15) is 14.0 Å². The Morgan fingerprint density at radius 2 is 1.82 bits per heavy atom. The van der Waals surface area contributed by atoms with Gasteiger partial charge in [0.1, 0.15) is 5.82 Å². The van der Waals surface area contributed by atoms with Gasteiger partial charge in [0.2, 0.25) is 5.91 Å². The summed E-state index contributed by atoms with van der Waals surface area (Å²) in [6.07, 6.45) is 1.93. The van der Waals surface area contributed by atoms with Crippen LogP contribution in [-0.2, 0) is 4.79 Å². The molecule has 0 N–H and O–H groups in total. The maximum absolute atomic E-state index is 13.5. The highest BCUT2D eigenvalue weighted by Crippen LogP contribution is 2.33. The number of benzene rings is 1. The maximum atomic E-state index is 13.5. The summed E-state index contributed by atoms with van der Waals surface area (Å²) >= 11 is 6.10. The smallest absolute Gasteiger partial charge is 0.255 e. The fourth-order valence-electron chi connectivity index (χ4n) is 4.40. The van der Waals surface area contributed by atoms with Crippen molar-refractivity contribution in [1.29, 1.82) is 0 Å². The molecular formula is C21H29ClFN3O2. The molecule has 5 nitrogen and oxygen atoms in total. The van der Waals surface area contributed by atoms with Gasteiger partial charge in [0.25, 0.3) is 5.91 Å². The number of nitrogens with zero attached hydrogens (tertiary/aromatic N) is 3. The molecule has 1 unspecified atom stereocenters. The van der Waals surface area contributed by atoms with E-state index < -0.39 is 5.82 Å². The second kappa shape index (κ2) is 8.37. The molecule has 0 radical (unpaired) electrons. The number of amides is 2. The molecule has 2 amide bonds. The number of hydrogen-bond acceptors (Lipinski definition) is 3. The first-order valence-electron chi connectivity index (χ1n) is 10.1. The number of likely N-dealkylation sites (tertiary alicyclic amines) is 1. The average molecular weight is 410 g/mol. The van der Waals surface area contributed by atoms with Crippen LogP contribution in [0.25, 0.3) is 0 Å². The molecule has 1 aromatic rings. The molecule has 154 valence electrons. The van der Waals surface area contributed by atoms with Crippen LogP contribution in [0.3, 0.4) is 0 Å². The van der Waals surface area contributed by atoms with Crippen LogP contribution < -0.4 is 0 Å². The minimum Gasteiger partial charge on any atom is -0.341 e. The van der Waals surface area contributed by atoms with Crippen LogP contribution in [0.15, 0.2) is 18.2 Å². The zero-order chi connectivity index (χ0) is 20.5. The number of carbonyl (C=O) groups excluding carboxylic acids is 2. The molecule has 3 rings (SSSR count). The van der Waals surface area contributed by atoms with Crippen molar-refractivity contribution < 1.29 is 14.0 Å². The first-order valence-corrected chi connectivity index (χ1v) is 10.4. The van der Waals surface area contributed by atoms with E-state index in [1.807, 2.05) is 18.7 Å². The zero-order valence-corrected chi connectivity index (χ0v) is 17.6. The first kappa shape index (κ1) is 21.1. The summed E-state index contributed by atoms with van der Waals surface area (Å²) in [5.74, 6) is -0.460. The Labute approximate surface area is 171 Å². The van der Waals surface area contributed by atoms with Crippen molar-refractivity contribution in [3.05, 3.63) is 34.6 Å². The summed E-state index contributed by atoms with van der Waals surface area (Å²) in [5, 5.41) is 0.275. The number of rotatable bonds is 4. The third-order valence-corrected chi connectivity index (χ3v) is 6.52. The number of halogens is 2. The Hall–Kier alpha value is -1.66. The molecule has 2 aliphatic rings. The van der Waals surface area contributed by atoms with E-state index in [0.717, 1.165) is 39.0 Å². The standard InChI is InChI=1S/C21H29ClFN3O2/c1-4-21(7-8-25(14-21)19(27)15(2)3)26-11-9-24(10-12-26)20(28)17-13-16(23)5-6-18(17)22/h5-6,13,15H,4,7-12,14H2,1-3H3. The van der Waals surface area contributed by atoms with Gasteiger partial charge in [-0.05, 0) is 31.0 Å². The van der Waals surface area contributed by atoms with Gasteiger partial charge in [-0.25, -0.2) is 4.39 Å². The summed E-state index contributed by atoms with van der Waals surface area (Å²) < 4.78 is 13.5. The van der Waals surface area contributed by atoms with Crippen molar-refractivity contribution in [2.75, 3.05) is 39.3 Å². The third kappa shape index (κ3) is 4.03. The molecule has 7 heteroatoms. The Morgan fingerprint density at radius 3 is 2.43 bits per heavy atom. The van der Waals surface area contributed by atoms with Crippen LogP contribution in [0.5, 0.6) is 0 Å². The normalized spacial score (nSPS) is 23.5. The summed E-state index contributed by atoms with van der Waals surface area (Å²) in [5.41, 5.74) is 0.200. The van der Waals surface area contributed by atoms with E-state index in [4.69, 9.17) is 11.6 Å². The lowest BCUT2D eigenvalue weighted by molar-refractivity contribution is -0.134. The van der Waals surface area contributed by atoms with Gasteiger partial charge >= 0.3 is 0 Å². The second-order valence-electron chi connectivity index (χ2n) is 8.15. The molecule has 28 heavy (non-hydrogen) atoms. The molecular weight excluding hydrogens is 381 g/mol. The molecule has 0 saturated carbocycles. The predicted octanol–water partition coefficient (Wildman–Crippen LogP) is 3.27. The Bertz CT molecular complexity index is 749. The van der Waals surface area contributed by atoms with Crippen molar-refractivity contribution in [2.45, 2.75) is 39.2 Å². The minimum atomic E-state index is -0.461. The highest BCUT2D eigenvalue weighted by Gasteiger charge is 2.44. The fraction of sp³-hybridized carbons (Fsp3) is 0.619. The lowest BCUT2D eigenvalue weighted by atomic mass is 9.91. The molecule has 2 aliphatic heterocycles. The van der Waals surface area contributed by atoms with Crippen molar-refractivity contribution in [3.63, 3.8) is 0 Å². The van der Waals surface area contributed by atoms with Crippen LogP contribution >= 0.6 is 11.6 Å². The monoisotopic (exact) mass is 409 g/mol. The van der Waals surface area contributed by atoms with Gasteiger partial charge in [-0.3, -0.25) is 14.5 Å². The molecule has 0 aromatic heterocycles. The summed E-state index contributed by atoms with van der Waals surface area (Å²) in [6.45, 7) is 10.2. The topological polar surface area (TPSA) is 43.9 Å². The number of carbonyl (C=O) groups is 2. The predicted molar refractivity (Wildman–Crippen MR) is 108 cm³/mol. The second-order valence-corrected chi connectivity index (χ2v) is 8.55. The number of piperazine rings is 1. The van der Waals surface area contributed by atoms with E-state index in [1.165, 1.54) is 18.2 Å². The van der Waals surface area contributed by atoms with Gasteiger partial charge in [-0.2, -0.15) is 0 Å². The Balaban J connectivity index is 1.65. The zero-order valence-electron chi connectivity index (χ0n) is 16.9. The Kier molecular flexibility index (Phi) is 6.30. The SMILES string of the molecule is CCC1(N2CCN(C(=O)c3cc(F)ccc3Cl)CC2)CCN(C(=O)C(C)C)C1. The van der Waals surface area contributed by atoms with Crippen molar-refractivity contribution >= 4 is 23.4 Å². The van der Waals surface area contributed by atoms with Gasteiger partial charge in [-0.1, -0.05) is 32.4 Å². The largest absolute Gasteiger partial charge is 0.341 e. The molecule has 1 atom stereocenters. The van der Waals surface area contributed by atoms with Crippen molar-refractivity contribution in [2.24, 2.45) is 5.92 Å². The molecule has 1 aromatic carbocycles. The van der Waals surface area contributed by atoms with Gasteiger partial charge < -0.3 is 9.80 Å². The van der Waals surface area contributed by atoms with E-state index in [2.05, 4.69) is 11.8 Å². The van der Waals surface area contributed by atoms with Crippen LogP contribution in [0, 0.1) is 11.7 Å². The van der Waals surface area contributed by atoms with Crippen LogP contribution in [0.1, 0.15) is 44.0 Å². The quantitative estimate of drug-likeness (QED) is 0.766. The van der Waals surface area contributed by atoms with E-state index in [1.54, 1.807) is 4.90 Å². The van der Waals surface area contributed by atoms with Crippen molar-refractivity contribution in [1.82, 2.24) is 14.7 Å². The van der Waals surface area contributed by atoms with E-state index in [-0.39, 0.29) is 33.9 Å². The van der Waals surface area contributed by atoms with E-state index >= 15 is 0 Å². The first-order chi connectivity index (χ1) is 13.3. The summed E-state index contributed by atoms with van der Waals surface area (Å²) in [7, 11) is 0. The average Bonchev–Trinajstić information content (AvgIpc) is 3.14. The van der Waals surface area contributed by atoms with Crippen molar-refractivity contribution in [3.8, 4) is 0 Å². The molecule has 0 aliphatic carbocycles. The molecule has 0 bridgehead atoms. The van der Waals surface area contributed by atoms with Crippen LogP contribution in [-0.4, -0.2) is 71.3 Å². The summed E-state index contributed by atoms with van der Waals surface area (Å²) in [6, 6.07) is 3.88. The van der Waals surface area contributed by atoms with Gasteiger partial charge in [0, 0.05) is 50.7 Å². The fourth-order valence-corrected chi connectivity index (χ4v) is 4.59. The molecule has 2 fully saturated rings. The van der Waals surface area contributed by atoms with Gasteiger partial charge in [0.15, 0.2) is 0 Å². The van der Waals surface area contributed by atoms with E-state index in [0.29, 0.717) is 13.1 Å². The summed E-state index contributed by atoms with van der Waals surface area (Å²) in [4.78, 5) is 31.3. The Morgan fingerprint density at radius 1 is 1.14 bits per heavy atom. The lowest BCUT2D eigenvalue weighted by Gasteiger charge is -2.45. The molecule has 2 saturated heterocycles. The molecule has 2 heterocycles. The number of hydrogen-bond donors (Lipinski definition) is 0. The van der Waals surface area contributed by atoms with Gasteiger partial charge in [-0.15, -0.1) is 0 Å². The lowest BCUT2D eigenvalue weighted by Crippen LogP contribution is -2.59. The van der Waals surface area contributed by atoms with Crippen LogP contribution in [0.4, 0.5) is 4.39 Å². The minimum absolute atomic E-state index is 0.0122. The third-order valence-electron chi connectivity index (χ3n) is 6.19. The van der Waals surface area contributed by atoms with Gasteiger partial charge in [0.05, 0.1) is 10.6 Å². The highest BCUT2D eigenvalue weighted by atomic mass is 35.5.